The molecule has 0 aliphatic heterocycles. The molecule has 0 heterocycles. The number of nitriles is 1. The topological polar surface area (TPSA) is 61.1 Å². The maximum atomic E-state index is 11.1. The zero-order chi connectivity index (χ0) is 13.6. The highest BCUT2D eigenvalue weighted by atomic mass is 16.3. The Kier molecular flexibility index (Phi) is 3.11. The Morgan fingerprint density at radius 3 is 2.72 bits per heavy atom. The van der Waals surface area contributed by atoms with Gasteiger partial charge in [-0.05, 0) is 36.0 Å². The summed E-state index contributed by atoms with van der Waals surface area (Å²) in [5.41, 5.74) is 0.235. The van der Waals surface area contributed by atoms with Crippen LogP contribution in [-0.4, -0.2) is 17.5 Å². The molecule has 0 bridgehead atoms. The average molecular weight is 247 g/mol. The number of rotatable bonds is 1. The summed E-state index contributed by atoms with van der Waals surface area (Å²) in [6.45, 7) is 6.26. The van der Waals surface area contributed by atoms with Crippen molar-refractivity contribution in [1.29, 1.82) is 5.26 Å². The molecule has 2 aliphatic rings. The third-order valence-corrected chi connectivity index (χ3v) is 5.36. The summed E-state index contributed by atoms with van der Waals surface area (Å²) < 4.78 is 0. The van der Waals surface area contributed by atoms with Crippen molar-refractivity contribution in [1.82, 2.24) is 0 Å². The van der Waals surface area contributed by atoms with Gasteiger partial charge in [-0.2, -0.15) is 5.26 Å². The van der Waals surface area contributed by atoms with Crippen molar-refractivity contribution in [2.75, 3.05) is 0 Å². The molecule has 2 aliphatic carbocycles. The maximum Gasteiger partial charge on any atom is 0.147 e. The van der Waals surface area contributed by atoms with E-state index in [-0.39, 0.29) is 28.8 Å². The van der Waals surface area contributed by atoms with Crippen LogP contribution in [0.1, 0.15) is 40.0 Å². The van der Waals surface area contributed by atoms with Crippen LogP contribution in [0.3, 0.4) is 0 Å². The summed E-state index contributed by atoms with van der Waals surface area (Å²) in [6.07, 6.45) is 4.71. The number of hydrogen-bond donors (Lipinski definition) is 1. The van der Waals surface area contributed by atoms with Crippen molar-refractivity contribution >= 4 is 6.29 Å². The molecule has 1 N–H and O–H groups in total. The summed E-state index contributed by atoms with van der Waals surface area (Å²) in [5.74, 6) is -0.0809. The second-order valence-electron chi connectivity index (χ2n) is 6.55. The zero-order valence-electron chi connectivity index (χ0n) is 11.3. The number of fused-ring (bicyclic) bond motifs is 1. The van der Waals surface area contributed by atoms with Gasteiger partial charge in [-0.3, -0.25) is 4.79 Å². The molecule has 0 unspecified atom stereocenters. The minimum Gasteiger partial charge on any atom is -0.393 e. The quantitative estimate of drug-likeness (QED) is 0.724. The Morgan fingerprint density at radius 1 is 1.50 bits per heavy atom. The number of carbonyl (C=O) groups is 1. The van der Waals surface area contributed by atoms with Crippen LogP contribution in [0.25, 0.3) is 0 Å². The van der Waals surface area contributed by atoms with E-state index in [9.17, 15) is 15.2 Å². The van der Waals surface area contributed by atoms with E-state index >= 15 is 0 Å². The fourth-order valence-electron chi connectivity index (χ4n) is 4.09. The van der Waals surface area contributed by atoms with E-state index in [1.54, 1.807) is 0 Å². The lowest BCUT2D eigenvalue weighted by molar-refractivity contribution is -0.115. The lowest BCUT2D eigenvalue weighted by atomic mass is 9.48. The predicted molar refractivity (Wildman–Crippen MR) is 68.5 cm³/mol. The second-order valence-corrected chi connectivity index (χ2v) is 6.55. The van der Waals surface area contributed by atoms with Crippen LogP contribution in [0.15, 0.2) is 11.6 Å². The second kappa shape index (κ2) is 4.20. The maximum absolute atomic E-state index is 11.1. The first kappa shape index (κ1) is 13.3. The summed E-state index contributed by atoms with van der Waals surface area (Å²) in [5, 5.41) is 19.6. The first-order valence-corrected chi connectivity index (χ1v) is 6.61. The molecule has 0 saturated heterocycles. The Hall–Kier alpha value is -1.14. The van der Waals surface area contributed by atoms with Gasteiger partial charge in [0.05, 0.1) is 18.1 Å². The van der Waals surface area contributed by atoms with Crippen molar-refractivity contribution in [3.8, 4) is 6.07 Å². The van der Waals surface area contributed by atoms with E-state index in [1.165, 1.54) is 0 Å². The Bertz CT molecular complexity index is 432. The molecule has 3 nitrogen and oxygen atoms in total. The minimum atomic E-state index is -0.333. The predicted octanol–water partition coefficient (Wildman–Crippen LogP) is 2.46. The average Bonchev–Trinajstić information content (AvgIpc) is 2.33. The van der Waals surface area contributed by atoms with E-state index < -0.39 is 0 Å². The van der Waals surface area contributed by atoms with E-state index in [2.05, 4.69) is 26.8 Å². The largest absolute Gasteiger partial charge is 0.393 e. The zero-order valence-corrected chi connectivity index (χ0v) is 11.3. The van der Waals surface area contributed by atoms with Crippen LogP contribution in [0, 0.1) is 34.0 Å². The van der Waals surface area contributed by atoms with Gasteiger partial charge in [0.15, 0.2) is 0 Å². The fourth-order valence-corrected chi connectivity index (χ4v) is 4.09. The summed E-state index contributed by atoms with van der Waals surface area (Å²) in [4.78, 5) is 11.1. The summed E-state index contributed by atoms with van der Waals surface area (Å²) in [7, 11) is 0. The Labute approximate surface area is 108 Å². The van der Waals surface area contributed by atoms with Gasteiger partial charge in [-0.15, -0.1) is 0 Å². The number of carbonyl (C=O) groups excluding carboxylic acids is 1. The van der Waals surface area contributed by atoms with Gasteiger partial charge < -0.3 is 5.11 Å². The highest BCUT2D eigenvalue weighted by molar-refractivity contribution is 5.75. The Morgan fingerprint density at radius 2 is 2.17 bits per heavy atom. The first-order chi connectivity index (χ1) is 8.37. The molecule has 98 valence electrons. The normalized spacial score (nSPS) is 42.4. The first-order valence-electron chi connectivity index (χ1n) is 6.61. The number of hydrogen-bond acceptors (Lipinski definition) is 3. The molecule has 1 fully saturated rings. The van der Waals surface area contributed by atoms with Gasteiger partial charge in [0.2, 0.25) is 0 Å². The molecule has 0 aromatic carbocycles. The SMILES string of the molecule is CC1(C)[C@H](O)CC[C@]2(C)[C@H](C#N)C(C=O)=CC[C@@H]12. The van der Waals surface area contributed by atoms with Crippen LogP contribution in [0.4, 0.5) is 0 Å². The van der Waals surface area contributed by atoms with E-state index in [1.807, 2.05) is 6.08 Å². The van der Waals surface area contributed by atoms with Gasteiger partial charge in [-0.1, -0.05) is 26.8 Å². The van der Waals surface area contributed by atoms with Crippen molar-refractivity contribution in [2.45, 2.75) is 46.1 Å². The molecule has 0 aromatic rings. The highest BCUT2D eigenvalue weighted by Gasteiger charge is 2.55. The van der Waals surface area contributed by atoms with Crippen LogP contribution in [0.2, 0.25) is 0 Å². The third kappa shape index (κ3) is 1.63. The van der Waals surface area contributed by atoms with Crippen molar-refractivity contribution < 1.29 is 9.90 Å². The lowest BCUT2D eigenvalue weighted by Crippen LogP contribution is -2.54. The van der Waals surface area contributed by atoms with Crippen LogP contribution < -0.4 is 0 Å². The van der Waals surface area contributed by atoms with Crippen LogP contribution in [0.5, 0.6) is 0 Å². The van der Waals surface area contributed by atoms with Gasteiger partial charge in [0.25, 0.3) is 0 Å². The molecule has 18 heavy (non-hydrogen) atoms. The molecule has 1 saturated carbocycles. The van der Waals surface area contributed by atoms with Crippen molar-refractivity contribution in [3.63, 3.8) is 0 Å². The molecule has 3 heteroatoms. The van der Waals surface area contributed by atoms with Gasteiger partial charge in [0, 0.05) is 5.57 Å². The van der Waals surface area contributed by atoms with Gasteiger partial charge >= 0.3 is 0 Å². The highest BCUT2D eigenvalue weighted by Crippen LogP contribution is 2.59. The third-order valence-electron chi connectivity index (χ3n) is 5.36. The molecular weight excluding hydrogens is 226 g/mol. The number of aliphatic hydroxyl groups excluding tert-OH is 1. The minimum absolute atomic E-state index is 0.192. The number of allylic oxidation sites excluding steroid dienone is 2. The van der Waals surface area contributed by atoms with E-state index in [4.69, 9.17) is 0 Å². The molecule has 2 rings (SSSR count). The molecular formula is C15H21NO2. The molecule has 0 amide bonds. The summed E-state index contributed by atoms with van der Waals surface area (Å²) in [6, 6.07) is 2.32. The number of aldehydes is 1. The standard InChI is InChI=1S/C15H21NO2/c1-14(2)12-5-4-10(9-17)11(8-16)15(12,3)7-6-13(14)18/h4,9,11-13,18H,5-7H2,1-3H3/t11-,12+,13-,15-/m1/s1. The van der Waals surface area contributed by atoms with Gasteiger partial charge in [-0.25, -0.2) is 0 Å². The lowest BCUT2D eigenvalue weighted by Gasteiger charge is -2.56. The number of aliphatic hydroxyl groups is 1. The van der Waals surface area contributed by atoms with Crippen molar-refractivity contribution in [2.24, 2.45) is 22.7 Å². The molecule has 0 radical (unpaired) electrons. The smallest absolute Gasteiger partial charge is 0.147 e. The van der Waals surface area contributed by atoms with E-state index in [0.717, 1.165) is 19.1 Å². The number of nitrogens with zero attached hydrogens (tertiary/aromatic N) is 1. The van der Waals surface area contributed by atoms with E-state index in [0.29, 0.717) is 12.0 Å². The fraction of sp³-hybridized carbons (Fsp3) is 0.733. The summed E-state index contributed by atoms with van der Waals surface area (Å²) >= 11 is 0. The Balaban J connectivity index is 2.48. The monoisotopic (exact) mass is 247 g/mol. The molecule has 0 aromatic heterocycles. The van der Waals surface area contributed by atoms with Gasteiger partial charge in [0.1, 0.15) is 6.29 Å². The molecule has 0 spiro atoms. The molecule has 4 atom stereocenters. The van der Waals surface area contributed by atoms with Crippen molar-refractivity contribution in [3.05, 3.63) is 11.6 Å². The van der Waals surface area contributed by atoms with Crippen LogP contribution >= 0.6 is 0 Å². The van der Waals surface area contributed by atoms with Crippen LogP contribution in [-0.2, 0) is 4.79 Å².